The van der Waals surface area contributed by atoms with E-state index in [9.17, 15) is 14.7 Å². The molecule has 0 radical (unpaired) electrons. The Morgan fingerprint density at radius 2 is 1.96 bits per heavy atom. The molecular formula is C21H25N3O3. The number of piperidine rings is 1. The minimum Gasteiger partial charge on any atom is -0.481 e. The van der Waals surface area contributed by atoms with Gasteiger partial charge < -0.3 is 10.0 Å². The van der Waals surface area contributed by atoms with Crippen LogP contribution >= 0.6 is 0 Å². The van der Waals surface area contributed by atoms with Gasteiger partial charge in [0.1, 0.15) is 0 Å². The van der Waals surface area contributed by atoms with Gasteiger partial charge in [-0.3, -0.25) is 9.59 Å². The molecule has 0 saturated carbocycles. The van der Waals surface area contributed by atoms with E-state index in [-0.39, 0.29) is 11.9 Å². The number of aliphatic carboxylic acids is 1. The second kappa shape index (κ2) is 6.83. The van der Waals surface area contributed by atoms with E-state index in [2.05, 4.69) is 0 Å². The monoisotopic (exact) mass is 367 g/mol. The quantitative estimate of drug-likeness (QED) is 0.905. The fourth-order valence-corrected chi connectivity index (χ4v) is 4.51. The van der Waals surface area contributed by atoms with Crippen molar-refractivity contribution in [2.45, 2.75) is 52.0 Å². The number of nitrogens with zero attached hydrogens (tertiary/aromatic N) is 3. The summed E-state index contributed by atoms with van der Waals surface area (Å²) in [6.07, 6.45) is 4.13. The number of fused-ring (bicyclic) bond motifs is 1. The van der Waals surface area contributed by atoms with Crippen molar-refractivity contribution in [1.82, 2.24) is 14.7 Å². The number of carbonyl (C=O) groups excluding carboxylic acids is 1. The number of carbonyl (C=O) groups is 2. The first-order chi connectivity index (χ1) is 13.0. The molecule has 0 bridgehead atoms. The van der Waals surface area contributed by atoms with Gasteiger partial charge in [0, 0.05) is 23.8 Å². The molecule has 0 spiro atoms. The van der Waals surface area contributed by atoms with Gasteiger partial charge in [-0.1, -0.05) is 18.2 Å². The van der Waals surface area contributed by atoms with Gasteiger partial charge in [-0.2, -0.15) is 5.10 Å². The largest absolute Gasteiger partial charge is 0.481 e. The Hall–Kier alpha value is -2.63. The van der Waals surface area contributed by atoms with Gasteiger partial charge in [0.15, 0.2) is 5.69 Å². The van der Waals surface area contributed by atoms with Gasteiger partial charge in [0.2, 0.25) is 0 Å². The van der Waals surface area contributed by atoms with Crippen LogP contribution in [0.1, 0.15) is 53.5 Å². The highest BCUT2D eigenvalue weighted by Gasteiger charge is 2.38. The van der Waals surface area contributed by atoms with Gasteiger partial charge >= 0.3 is 5.97 Å². The van der Waals surface area contributed by atoms with Gasteiger partial charge in [0.05, 0.1) is 11.6 Å². The van der Waals surface area contributed by atoms with E-state index >= 15 is 0 Å². The first kappa shape index (κ1) is 17.8. The van der Waals surface area contributed by atoms with Crippen LogP contribution in [0.15, 0.2) is 24.3 Å². The van der Waals surface area contributed by atoms with E-state index < -0.39 is 11.9 Å². The zero-order chi connectivity index (χ0) is 19.1. The zero-order valence-corrected chi connectivity index (χ0v) is 15.8. The summed E-state index contributed by atoms with van der Waals surface area (Å²) in [5.41, 5.74) is 4.78. The van der Waals surface area contributed by atoms with Crippen LogP contribution in [-0.4, -0.2) is 44.3 Å². The number of hydrogen-bond acceptors (Lipinski definition) is 3. The van der Waals surface area contributed by atoms with E-state index in [1.165, 1.54) is 0 Å². The number of carboxylic acids is 1. The first-order valence-electron chi connectivity index (χ1n) is 9.69. The normalized spacial score (nSPS) is 21.9. The van der Waals surface area contributed by atoms with E-state index in [0.717, 1.165) is 41.8 Å². The van der Waals surface area contributed by atoms with E-state index in [1.54, 1.807) is 4.90 Å². The van der Waals surface area contributed by atoms with Gasteiger partial charge in [-0.15, -0.1) is 0 Å². The number of likely N-dealkylation sites (tertiary alicyclic amines) is 1. The maximum absolute atomic E-state index is 13.3. The highest BCUT2D eigenvalue weighted by Crippen LogP contribution is 2.31. The molecule has 1 aliphatic carbocycles. The predicted molar refractivity (Wildman–Crippen MR) is 101 cm³/mol. The van der Waals surface area contributed by atoms with Crippen molar-refractivity contribution >= 4 is 11.9 Å². The average Bonchev–Trinajstić information content (AvgIpc) is 3.24. The lowest BCUT2D eigenvalue weighted by Gasteiger charge is -2.37. The molecule has 6 heteroatoms. The van der Waals surface area contributed by atoms with Crippen LogP contribution in [0.4, 0.5) is 0 Å². The van der Waals surface area contributed by atoms with Crippen LogP contribution in [0.5, 0.6) is 0 Å². The Kier molecular flexibility index (Phi) is 4.50. The van der Waals surface area contributed by atoms with E-state index in [4.69, 9.17) is 5.10 Å². The molecular weight excluding hydrogens is 342 g/mol. The minimum atomic E-state index is -0.823. The van der Waals surface area contributed by atoms with Crippen molar-refractivity contribution < 1.29 is 14.7 Å². The van der Waals surface area contributed by atoms with Crippen molar-refractivity contribution in [3.8, 4) is 5.69 Å². The Morgan fingerprint density at radius 3 is 2.70 bits per heavy atom. The van der Waals surface area contributed by atoms with Crippen LogP contribution in [-0.2, 0) is 17.6 Å². The van der Waals surface area contributed by atoms with Crippen LogP contribution in [0.25, 0.3) is 5.69 Å². The second-order valence-corrected chi connectivity index (χ2v) is 7.65. The molecule has 2 heterocycles. The molecule has 1 aromatic heterocycles. The van der Waals surface area contributed by atoms with Gasteiger partial charge in [-0.05, 0) is 57.6 Å². The van der Waals surface area contributed by atoms with Crippen molar-refractivity contribution in [2.24, 2.45) is 5.92 Å². The van der Waals surface area contributed by atoms with Crippen molar-refractivity contribution in [1.29, 1.82) is 0 Å². The topological polar surface area (TPSA) is 75.4 Å². The third-order valence-corrected chi connectivity index (χ3v) is 6.04. The molecule has 1 aromatic carbocycles. The highest BCUT2D eigenvalue weighted by molar-refractivity contribution is 5.95. The van der Waals surface area contributed by atoms with Gasteiger partial charge in [0.25, 0.3) is 5.91 Å². The molecule has 1 N–H and O–H groups in total. The van der Waals surface area contributed by atoms with Crippen molar-refractivity contribution in [2.75, 3.05) is 6.54 Å². The number of rotatable bonds is 3. The lowest BCUT2D eigenvalue weighted by Crippen LogP contribution is -2.49. The molecule has 2 aliphatic rings. The molecule has 2 aromatic rings. The van der Waals surface area contributed by atoms with Crippen LogP contribution < -0.4 is 0 Å². The number of hydrogen-bond donors (Lipinski definition) is 1. The third kappa shape index (κ3) is 2.93. The molecule has 4 rings (SSSR count). The number of carboxylic acid groups (broad SMARTS) is 1. The summed E-state index contributed by atoms with van der Waals surface area (Å²) in [6.45, 7) is 4.48. The summed E-state index contributed by atoms with van der Waals surface area (Å²) in [7, 11) is 0. The fourth-order valence-electron chi connectivity index (χ4n) is 4.51. The number of aromatic nitrogens is 2. The SMILES string of the molecule is Cc1ccccc1-n1nc(C(=O)N2CCC[C@@H](C(=O)O)[C@H]2C)c2c1CCC2. The minimum absolute atomic E-state index is 0.126. The van der Waals surface area contributed by atoms with Crippen LogP contribution in [0.2, 0.25) is 0 Å². The first-order valence-corrected chi connectivity index (χ1v) is 9.69. The Labute approximate surface area is 158 Å². The molecule has 6 nitrogen and oxygen atoms in total. The number of aryl methyl sites for hydroxylation is 1. The Bertz CT molecular complexity index is 902. The maximum atomic E-state index is 13.3. The molecule has 1 amide bonds. The summed E-state index contributed by atoms with van der Waals surface area (Å²) in [6, 6.07) is 7.74. The molecule has 27 heavy (non-hydrogen) atoms. The number of benzene rings is 1. The molecule has 0 unspecified atom stereocenters. The fraction of sp³-hybridized carbons (Fsp3) is 0.476. The molecule has 1 saturated heterocycles. The van der Waals surface area contributed by atoms with Gasteiger partial charge in [-0.25, -0.2) is 4.68 Å². The maximum Gasteiger partial charge on any atom is 0.308 e. The average molecular weight is 367 g/mol. The lowest BCUT2D eigenvalue weighted by atomic mass is 9.90. The lowest BCUT2D eigenvalue weighted by molar-refractivity contribution is -0.144. The summed E-state index contributed by atoms with van der Waals surface area (Å²) >= 11 is 0. The Balaban J connectivity index is 1.73. The summed E-state index contributed by atoms with van der Waals surface area (Å²) < 4.78 is 1.92. The predicted octanol–water partition coefficient (Wildman–Crippen LogP) is 2.99. The van der Waals surface area contributed by atoms with Crippen LogP contribution in [0, 0.1) is 12.8 Å². The Morgan fingerprint density at radius 1 is 1.19 bits per heavy atom. The highest BCUT2D eigenvalue weighted by atomic mass is 16.4. The summed E-state index contributed by atoms with van der Waals surface area (Å²) in [5.74, 6) is -1.45. The second-order valence-electron chi connectivity index (χ2n) is 7.65. The van der Waals surface area contributed by atoms with E-state index in [1.807, 2.05) is 42.8 Å². The standard InChI is InChI=1S/C21H25N3O3/c1-13-7-3-4-10-17(13)24-18-11-5-8-16(18)19(22-24)20(25)23-12-6-9-15(14(23)2)21(26)27/h3-4,7,10,14-15H,5-6,8-9,11-12H2,1-2H3,(H,26,27)/t14-,15-/m1/s1. The zero-order valence-electron chi connectivity index (χ0n) is 15.8. The molecule has 2 atom stereocenters. The van der Waals surface area contributed by atoms with Crippen LogP contribution in [0.3, 0.4) is 0 Å². The van der Waals surface area contributed by atoms with E-state index in [0.29, 0.717) is 25.1 Å². The molecule has 142 valence electrons. The third-order valence-electron chi connectivity index (χ3n) is 6.04. The number of amides is 1. The van der Waals surface area contributed by atoms with Crippen molar-refractivity contribution in [3.05, 3.63) is 46.8 Å². The van der Waals surface area contributed by atoms with Crippen molar-refractivity contribution in [3.63, 3.8) is 0 Å². The molecule has 1 fully saturated rings. The molecule has 1 aliphatic heterocycles. The smallest absolute Gasteiger partial charge is 0.308 e. The summed E-state index contributed by atoms with van der Waals surface area (Å²) in [4.78, 5) is 26.6. The number of para-hydroxylation sites is 1. The summed E-state index contributed by atoms with van der Waals surface area (Å²) in [5, 5.41) is 14.2.